The molecule has 0 amide bonds. The van der Waals surface area contributed by atoms with Crippen molar-refractivity contribution in [1.82, 2.24) is 0 Å². The van der Waals surface area contributed by atoms with Gasteiger partial charge in [0.15, 0.2) is 0 Å². The first kappa shape index (κ1) is 16.5. The number of hydrogen-bond acceptors (Lipinski definition) is 3. The molecule has 0 saturated carbocycles. The van der Waals surface area contributed by atoms with E-state index in [2.05, 4.69) is 0 Å². The molecule has 3 N–H and O–H groups in total. The third-order valence-corrected chi connectivity index (χ3v) is 0. The van der Waals surface area contributed by atoms with Crippen LogP contribution in [-0.2, 0) is 28.1 Å². The monoisotopic (exact) mass is 189 g/mol. The van der Waals surface area contributed by atoms with Gasteiger partial charge in [0.05, 0.1) is 0 Å². The van der Waals surface area contributed by atoms with E-state index in [1.165, 1.54) is 0 Å². The molecular weight excluding hydrogens is 185 g/mol. The van der Waals surface area contributed by atoms with Gasteiger partial charge in [-0.2, -0.15) is 0 Å². The predicted molar refractivity (Wildman–Crippen MR) is 16.7 cm³/mol. The zero-order valence-electron chi connectivity index (χ0n) is 5.46. The van der Waals surface area contributed by atoms with Crippen LogP contribution < -0.4 is 18.9 Å². The first-order chi connectivity index (χ1) is 3.41. The van der Waals surface area contributed by atoms with Gasteiger partial charge in [-0.3, -0.25) is 0 Å². The van der Waals surface area contributed by atoms with Gasteiger partial charge < -0.3 is 16.1 Å². The van der Waals surface area contributed by atoms with Crippen LogP contribution in [-0.4, -0.2) is 14.7 Å². The summed E-state index contributed by atoms with van der Waals surface area (Å²) < 4.78 is 25.8. The number of phosphoric acid groups is 1. The average Bonchev–Trinajstić information content (AvgIpc) is 1.27. The van der Waals surface area contributed by atoms with Crippen LogP contribution in [0, 0.1) is 0 Å². The molecule has 0 atom stereocenters. The Morgan fingerprint density at radius 1 is 1.22 bits per heavy atom. The third-order valence-electron chi connectivity index (χ3n) is 0. The SMILES string of the molecule is O=P(O)(O)O.[H-].[Li+].[O]=[V]=[O]. The van der Waals surface area contributed by atoms with Crippen LogP contribution in [0.5, 0.6) is 0 Å². The summed E-state index contributed by atoms with van der Waals surface area (Å²) in [5.74, 6) is 0. The fourth-order valence-corrected chi connectivity index (χ4v) is 0. The van der Waals surface area contributed by atoms with E-state index in [1.807, 2.05) is 0 Å². The van der Waals surface area contributed by atoms with Crippen molar-refractivity contribution in [2.75, 3.05) is 0 Å². The Labute approximate surface area is 71.1 Å². The molecular formula is H4LiO6PV. The van der Waals surface area contributed by atoms with Crippen LogP contribution in [0.25, 0.3) is 0 Å². The Balaban J connectivity index is -0.0000000326. The molecule has 0 aromatic carbocycles. The molecule has 0 heterocycles. The molecule has 0 spiro atoms. The molecule has 51 valence electrons. The van der Waals surface area contributed by atoms with E-state index in [9.17, 15) is 0 Å². The van der Waals surface area contributed by atoms with Gasteiger partial charge in [0, 0.05) is 0 Å². The molecule has 0 aromatic heterocycles. The molecule has 6 nitrogen and oxygen atoms in total. The minimum absolute atomic E-state index is 0. The summed E-state index contributed by atoms with van der Waals surface area (Å²) in [5, 5.41) is 0. The molecule has 0 bridgehead atoms. The fraction of sp³-hybridized carbons (Fsp3) is 0. The van der Waals surface area contributed by atoms with Crippen LogP contribution in [0.1, 0.15) is 1.43 Å². The van der Waals surface area contributed by atoms with Gasteiger partial charge in [0.1, 0.15) is 0 Å². The van der Waals surface area contributed by atoms with Crippen molar-refractivity contribution in [2.45, 2.75) is 0 Å². The first-order valence-electron chi connectivity index (χ1n) is 1.15. The van der Waals surface area contributed by atoms with E-state index < -0.39 is 24.0 Å². The van der Waals surface area contributed by atoms with Gasteiger partial charge in [-0.25, -0.2) is 4.57 Å². The Kier molecular flexibility index (Phi) is 16.3. The van der Waals surface area contributed by atoms with E-state index in [0.29, 0.717) is 0 Å². The molecule has 0 fully saturated rings. The molecule has 0 aliphatic rings. The van der Waals surface area contributed by atoms with Crippen molar-refractivity contribution in [3.63, 3.8) is 0 Å². The van der Waals surface area contributed by atoms with Crippen LogP contribution in [0.4, 0.5) is 0 Å². The maximum atomic E-state index is 8.88. The molecule has 0 unspecified atom stereocenters. The van der Waals surface area contributed by atoms with Gasteiger partial charge in [0.25, 0.3) is 0 Å². The van der Waals surface area contributed by atoms with Crippen molar-refractivity contribution in [1.29, 1.82) is 0 Å². The van der Waals surface area contributed by atoms with Crippen LogP contribution in [0.2, 0.25) is 0 Å². The van der Waals surface area contributed by atoms with E-state index in [1.54, 1.807) is 0 Å². The van der Waals surface area contributed by atoms with Gasteiger partial charge in [0.2, 0.25) is 0 Å². The second-order valence-electron chi connectivity index (χ2n) is 0.588. The van der Waals surface area contributed by atoms with Gasteiger partial charge in [-0.15, -0.1) is 0 Å². The molecule has 9 heteroatoms. The Morgan fingerprint density at radius 2 is 1.22 bits per heavy atom. The van der Waals surface area contributed by atoms with Crippen molar-refractivity contribution < 1.29 is 63.1 Å². The molecule has 9 heavy (non-hydrogen) atoms. The summed E-state index contributed by atoms with van der Waals surface area (Å²) >= 11 is -1.81. The van der Waals surface area contributed by atoms with E-state index >= 15 is 0 Å². The molecule has 0 aliphatic heterocycles. The zero-order valence-corrected chi connectivity index (χ0v) is 6.75. The topological polar surface area (TPSA) is 112 Å². The normalized spacial score (nSPS) is 7.44. The summed E-state index contributed by atoms with van der Waals surface area (Å²) in [5.41, 5.74) is 0. The van der Waals surface area contributed by atoms with Gasteiger partial charge in [-0.1, -0.05) is 0 Å². The summed E-state index contributed by atoms with van der Waals surface area (Å²) in [4.78, 5) is 21.6. The van der Waals surface area contributed by atoms with Crippen LogP contribution in [0.15, 0.2) is 0 Å². The molecule has 0 aromatic rings. The Bertz CT molecular complexity index is 115. The van der Waals surface area contributed by atoms with Gasteiger partial charge in [-0.05, 0) is 0 Å². The number of hydrogen-bond donors (Lipinski definition) is 3. The maximum absolute atomic E-state index is 8.88. The molecule has 0 radical (unpaired) electrons. The summed E-state index contributed by atoms with van der Waals surface area (Å²) in [6.07, 6.45) is 0. The Hall–Kier alpha value is 0.892. The summed E-state index contributed by atoms with van der Waals surface area (Å²) in [6, 6.07) is 0. The van der Waals surface area contributed by atoms with E-state index in [0.717, 1.165) is 0 Å². The second kappa shape index (κ2) is 8.89. The number of rotatable bonds is 0. The van der Waals surface area contributed by atoms with Crippen molar-refractivity contribution >= 4 is 7.82 Å². The second-order valence-corrected chi connectivity index (χ2v) is 1.85. The van der Waals surface area contributed by atoms with E-state index in [-0.39, 0.29) is 20.3 Å². The fourth-order valence-electron chi connectivity index (χ4n) is 0. The van der Waals surface area contributed by atoms with Crippen LogP contribution in [0.3, 0.4) is 0 Å². The zero-order chi connectivity index (χ0) is 7.21. The predicted octanol–water partition coefficient (Wildman–Crippen LogP) is -4.05. The first-order valence-corrected chi connectivity index (χ1v) is 3.85. The summed E-state index contributed by atoms with van der Waals surface area (Å²) in [7, 11) is -4.64. The molecule has 0 rings (SSSR count). The molecule has 0 saturated heterocycles. The molecule has 0 aliphatic carbocycles. The summed E-state index contributed by atoms with van der Waals surface area (Å²) in [6.45, 7) is 0. The van der Waals surface area contributed by atoms with Crippen molar-refractivity contribution in [2.24, 2.45) is 0 Å². The van der Waals surface area contributed by atoms with Gasteiger partial charge >= 0.3 is 50.2 Å². The third kappa shape index (κ3) is 531. The standard InChI is InChI=1S/Li.H3O4P.2O.V.H/c;1-5(2,3)4;;;;/h;(H3,1,2,3,4);;;;/q+1;;;;;-1. The van der Waals surface area contributed by atoms with Crippen molar-refractivity contribution in [3.8, 4) is 0 Å². The van der Waals surface area contributed by atoms with E-state index in [4.69, 9.17) is 26.6 Å². The quantitative estimate of drug-likeness (QED) is 0.264. The van der Waals surface area contributed by atoms with Crippen molar-refractivity contribution in [3.05, 3.63) is 0 Å². The minimum atomic E-state index is -4.64. The van der Waals surface area contributed by atoms with Crippen LogP contribution >= 0.6 is 7.82 Å². The average molecular weight is 189 g/mol. The Morgan fingerprint density at radius 3 is 1.22 bits per heavy atom.